The van der Waals surface area contributed by atoms with E-state index in [1.165, 1.54) is 12.1 Å². The summed E-state index contributed by atoms with van der Waals surface area (Å²) < 4.78 is 20.5. The third kappa shape index (κ3) is 5.09. The van der Waals surface area contributed by atoms with Gasteiger partial charge in [0.2, 0.25) is 6.79 Å². The minimum absolute atomic E-state index is 0.132. The van der Waals surface area contributed by atoms with Crippen LogP contribution in [0.15, 0.2) is 30.3 Å². The number of benzene rings is 2. The zero-order valence-corrected chi connectivity index (χ0v) is 15.9. The van der Waals surface area contributed by atoms with Gasteiger partial charge in [-0.15, -0.1) is 0 Å². The first-order valence-corrected chi connectivity index (χ1v) is 8.68. The summed E-state index contributed by atoms with van der Waals surface area (Å²) in [6.45, 7) is -0.798. The fraction of sp³-hybridized carbons (Fsp3) is 0.176. The van der Waals surface area contributed by atoms with E-state index in [0.717, 1.165) is 0 Å². The van der Waals surface area contributed by atoms with Crippen LogP contribution in [0.25, 0.3) is 0 Å². The molecule has 0 unspecified atom stereocenters. The van der Waals surface area contributed by atoms with Gasteiger partial charge < -0.3 is 24.3 Å². The van der Waals surface area contributed by atoms with Gasteiger partial charge in [-0.25, -0.2) is 4.79 Å². The molecule has 1 aliphatic rings. The summed E-state index contributed by atoms with van der Waals surface area (Å²) in [6, 6.07) is 7.69. The number of esters is 1. The highest BCUT2D eigenvalue weighted by atomic mass is 35.5. The number of fused-ring (bicyclic) bond motifs is 1. The van der Waals surface area contributed by atoms with E-state index in [4.69, 9.17) is 53.8 Å². The van der Waals surface area contributed by atoms with E-state index in [-0.39, 0.29) is 27.6 Å². The second-order valence-electron chi connectivity index (χ2n) is 5.26. The second-order valence-corrected chi connectivity index (χ2v) is 6.48. The molecule has 0 saturated carbocycles. The number of anilines is 1. The molecule has 0 saturated heterocycles. The second kappa shape index (κ2) is 8.56. The standard InChI is InChI=1S/C17H12Cl3NO6/c18-10-4-12(20)14(5-11(10)19)24-7-17(23)25-6-16(22)21-9-1-2-13-15(3-9)27-8-26-13/h1-5H,6-8H2,(H,21,22). The van der Waals surface area contributed by atoms with Crippen molar-refractivity contribution in [3.8, 4) is 17.2 Å². The fourth-order valence-corrected chi connectivity index (χ4v) is 2.70. The minimum Gasteiger partial charge on any atom is -0.480 e. The van der Waals surface area contributed by atoms with Crippen molar-refractivity contribution < 1.29 is 28.5 Å². The van der Waals surface area contributed by atoms with Crippen LogP contribution in [-0.4, -0.2) is 31.9 Å². The topological polar surface area (TPSA) is 83.1 Å². The smallest absolute Gasteiger partial charge is 0.344 e. The maximum absolute atomic E-state index is 11.9. The van der Waals surface area contributed by atoms with E-state index in [2.05, 4.69) is 5.32 Å². The lowest BCUT2D eigenvalue weighted by atomic mass is 10.3. The number of hydrogen-bond donors (Lipinski definition) is 1. The lowest BCUT2D eigenvalue weighted by Gasteiger charge is -2.10. The SMILES string of the molecule is O=C(COC(=O)COc1cc(Cl)c(Cl)cc1Cl)Nc1ccc2c(c1)OCO2. The van der Waals surface area contributed by atoms with Gasteiger partial charge in [-0.3, -0.25) is 4.79 Å². The Morgan fingerprint density at radius 1 is 0.963 bits per heavy atom. The van der Waals surface area contributed by atoms with Gasteiger partial charge in [0, 0.05) is 17.8 Å². The Hall–Kier alpha value is -2.35. The Morgan fingerprint density at radius 3 is 2.52 bits per heavy atom. The van der Waals surface area contributed by atoms with Gasteiger partial charge in [0.1, 0.15) is 5.75 Å². The normalized spacial score (nSPS) is 11.8. The highest BCUT2D eigenvalue weighted by Gasteiger charge is 2.15. The molecule has 142 valence electrons. The number of nitrogens with one attached hydrogen (secondary N) is 1. The molecule has 7 nitrogen and oxygen atoms in total. The van der Waals surface area contributed by atoms with Gasteiger partial charge in [-0.2, -0.15) is 0 Å². The molecule has 3 rings (SSSR count). The average molecular weight is 433 g/mol. The van der Waals surface area contributed by atoms with E-state index in [1.807, 2.05) is 0 Å². The highest BCUT2D eigenvalue weighted by Crippen LogP contribution is 2.34. The maximum atomic E-state index is 11.9. The molecule has 10 heteroatoms. The van der Waals surface area contributed by atoms with Gasteiger partial charge in [0.05, 0.1) is 15.1 Å². The molecule has 0 aromatic heterocycles. The Kier molecular flexibility index (Phi) is 6.15. The van der Waals surface area contributed by atoms with Crippen LogP contribution in [0.2, 0.25) is 15.1 Å². The lowest BCUT2D eigenvalue weighted by molar-refractivity contribution is -0.149. The zero-order valence-electron chi connectivity index (χ0n) is 13.6. The van der Waals surface area contributed by atoms with Crippen molar-refractivity contribution in [2.45, 2.75) is 0 Å². The fourth-order valence-electron chi connectivity index (χ4n) is 2.11. The number of rotatable bonds is 6. The molecule has 27 heavy (non-hydrogen) atoms. The maximum Gasteiger partial charge on any atom is 0.344 e. The lowest BCUT2D eigenvalue weighted by Crippen LogP contribution is -2.23. The largest absolute Gasteiger partial charge is 0.480 e. The van der Waals surface area contributed by atoms with E-state index in [0.29, 0.717) is 17.2 Å². The van der Waals surface area contributed by atoms with Crippen molar-refractivity contribution in [2.75, 3.05) is 25.3 Å². The van der Waals surface area contributed by atoms with E-state index in [9.17, 15) is 9.59 Å². The summed E-state index contributed by atoms with van der Waals surface area (Å²) >= 11 is 17.6. The van der Waals surface area contributed by atoms with Gasteiger partial charge in [0.15, 0.2) is 24.7 Å². The first-order valence-electron chi connectivity index (χ1n) is 7.55. The quantitative estimate of drug-likeness (QED) is 0.550. The predicted octanol–water partition coefficient (Wildman–Crippen LogP) is 3.94. The Morgan fingerprint density at radius 2 is 1.70 bits per heavy atom. The van der Waals surface area contributed by atoms with E-state index in [1.54, 1.807) is 18.2 Å². The van der Waals surface area contributed by atoms with Crippen LogP contribution in [0.3, 0.4) is 0 Å². The van der Waals surface area contributed by atoms with Gasteiger partial charge in [-0.1, -0.05) is 34.8 Å². The summed E-state index contributed by atoms with van der Waals surface area (Å²) in [4.78, 5) is 23.6. The Balaban J connectivity index is 1.45. The van der Waals surface area contributed by atoms with Crippen molar-refractivity contribution in [1.82, 2.24) is 0 Å². The molecule has 0 radical (unpaired) electrons. The number of ether oxygens (including phenoxy) is 4. The minimum atomic E-state index is -0.752. The molecule has 1 N–H and O–H groups in total. The van der Waals surface area contributed by atoms with Crippen LogP contribution in [0.1, 0.15) is 0 Å². The number of hydrogen-bond acceptors (Lipinski definition) is 6. The Labute approximate surface area is 169 Å². The molecule has 2 aromatic rings. The van der Waals surface area contributed by atoms with Crippen LogP contribution in [0.4, 0.5) is 5.69 Å². The van der Waals surface area contributed by atoms with Gasteiger partial charge in [0.25, 0.3) is 5.91 Å². The van der Waals surface area contributed by atoms with Crippen LogP contribution in [0, 0.1) is 0 Å². The summed E-state index contributed by atoms with van der Waals surface area (Å²) in [5.41, 5.74) is 0.485. The zero-order chi connectivity index (χ0) is 19.4. The third-order valence-electron chi connectivity index (χ3n) is 3.34. The number of halogens is 3. The number of carbonyl (C=O) groups is 2. The molecule has 1 heterocycles. The molecule has 0 fully saturated rings. The third-order valence-corrected chi connectivity index (χ3v) is 4.36. The molecule has 0 spiro atoms. The van der Waals surface area contributed by atoms with Crippen LogP contribution >= 0.6 is 34.8 Å². The molecular weight excluding hydrogens is 421 g/mol. The number of amides is 1. The molecule has 0 atom stereocenters. The molecule has 0 aliphatic carbocycles. The molecular formula is C17H12Cl3NO6. The highest BCUT2D eigenvalue weighted by molar-refractivity contribution is 6.43. The first-order chi connectivity index (χ1) is 12.9. The molecule has 0 bridgehead atoms. The summed E-state index contributed by atoms with van der Waals surface area (Å²) in [6.07, 6.45) is 0. The van der Waals surface area contributed by atoms with E-state index < -0.39 is 25.1 Å². The molecule has 1 amide bonds. The average Bonchev–Trinajstić information content (AvgIpc) is 3.09. The van der Waals surface area contributed by atoms with Crippen molar-refractivity contribution in [2.24, 2.45) is 0 Å². The summed E-state index contributed by atoms with van der Waals surface area (Å²) in [5.74, 6) is 0.0230. The molecule has 2 aromatic carbocycles. The van der Waals surface area contributed by atoms with Crippen molar-refractivity contribution >= 4 is 52.4 Å². The van der Waals surface area contributed by atoms with E-state index >= 15 is 0 Å². The summed E-state index contributed by atoms with van der Waals surface area (Å²) in [5, 5.41) is 3.26. The van der Waals surface area contributed by atoms with Gasteiger partial charge in [-0.05, 0) is 18.2 Å². The van der Waals surface area contributed by atoms with Crippen molar-refractivity contribution in [1.29, 1.82) is 0 Å². The predicted molar refractivity (Wildman–Crippen MR) is 99.1 cm³/mol. The summed E-state index contributed by atoms with van der Waals surface area (Å²) in [7, 11) is 0. The van der Waals surface area contributed by atoms with Crippen molar-refractivity contribution in [3.63, 3.8) is 0 Å². The van der Waals surface area contributed by atoms with Gasteiger partial charge >= 0.3 is 5.97 Å². The molecule has 1 aliphatic heterocycles. The van der Waals surface area contributed by atoms with Crippen molar-refractivity contribution in [3.05, 3.63) is 45.4 Å². The number of carbonyl (C=O) groups excluding carboxylic acids is 2. The van der Waals surface area contributed by atoms with Crippen LogP contribution in [-0.2, 0) is 14.3 Å². The first kappa shape index (κ1) is 19.4. The monoisotopic (exact) mass is 431 g/mol. The van der Waals surface area contributed by atoms with Crippen LogP contribution < -0.4 is 19.5 Å². The van der Waals surface area contributed by atoms with Crippen LogP contribution in [0.5, 0.6) is 17.2 Å². The Bertz CT molecular complexity index is 889.